The Labute approximate surface area is 276 Å². The van der Waals surface area contributed by atoms with E-state index >= 15 is 0 Å². The third-order valence-electron chi connectivity index (χ3n) is 8.06. The van der Waals surface area contributed by atoms with E-state index in [-0.39, 0.29) is 10.8 Å². The van der Waals surface area contributed by atoms with Gasteiger partial charge in [-0.05, 0) is 28.4 Å². The van der Waals surface area contributed by atoms with Crippen LogP contribution in [0.5, 0.6) is 0 Å². The summed E-state index contributed by atoms with van der Waals surface area (Å²) < 4.78 is 2.19. The Hall–Kier alpha value is -2.89. The summed E-state index contributed by atoms with van der Waals surface area (Å²) in [5.41, 5.74) is 15.3. The summed E-state index contributed by atoms with van der Waals surface area (Å²) in [7, 11) is 0. The Morgan fingerprint density at radius 1 is 0.767 bits per heavy atom. The average Bonchev–Trinajstić information content (AvgIpc) is 3.51. The molecule has 0 spiro atoms. The summed E-state index contributed by atoms with van der Waals surface area (Å²) in [4.78, 5) is 0. The molecule has 6 rings (SSSR count). The molecule has 0 heterocycles. The Morgan fingerprint density at radius 3 is 1.98 bits per heavy atom. The van der Waals surface area contributed by atoms with E-state index in [9.17, 15) is 0 Å². The van der Waals surface area contributed by atoms with Crippen molar-refractivity contribution in [1.29, 1.82) is 0 Å². The van der Waals surface area contributed by atoms with E-state index in [0.717, 1.165) is 6.42 Å². The van der Waals surface area contributed by atoms with Gasteiger partial charge in [-0.3, -0.25) is 6.08 Å². The van der Waals surface area contributed by atoms with Gasteiger partial charge in [0.2, 0.25) is 0 Å². The normalized spacial score (nSPS) is 15.2. The Morgan fingerprint density at radius 2 is 1.42 bits per heavy atom. The second kappa shape index (κ2) is 13.8. The number of benzene rings is 4. The molecule has 0 amide bonds. The van der Waals surface area contributed by atoms with E-state index in [1.165, 1.54) is 85.5 Å². The summed E-state index contributed by atoms with van der Waals surface area (Å²) in [6.45, 7) is 20.0. The van der Waals surface area contributed by atoms with E-state index in [0.29, 0.717) is 5.92 Å². The summed E-state index contributed by atoms with van der Waals surface area (Å²) in [5, 5.41) is 0. The molecule has 0 bridgehead atoms. The molecule has 0 N–H and O–H groups in total. The number of aryl methyl sites for hydroxylation is 1. The molecule has 1 atom stereocenters. The first-order valence-electron chi connectivity index (χ1n) is 15.4. The fourth-order valence-electron chi connectivity index (χ4n) is 5.46. The van der Waals surface area contributed by atoms with Crippen LogP contribution in [-0.4, -0.2) is 3.71 Å². The van der Waals surface area contributed by atoms with Crippen LogP contribution < -0.4 is 0 Å². The van der Waals surface area contributed by atoms with Crippen molar-refractivity contribution in [2.75, 3.05) is 0 Å². The summed E-state index contributed by atoms with van der Waals surface area (Å²) in [6.07, 6.45) is 6.68. The van der Waals surface area contributed by atoms with E-state index in [1.807, 2.05) is 6.07 Å². The van der Waals surface area contributed by atoms with Crippen LogP contribution in [0.15, 0.2) is 96.6 Å². The second-order valence-electron chi connectivity index (χ2n) is 13.9. The fraction of sp³-hybridized carbons (Fsp3) is 0.310. The molecule has 218 valence electrons. The van der Waals surface area contributed by atoms with Gasteiger partial charge in [-0.2, -0.15) is 35.4 Å². The van der Waals surface area contributed by atoms with Gasteiger partial charge in [0.1, 0.15) is 0 Å². The summed E-state index contributed by atoms with van der Waals surface area (Å²) in [5.74, 6) is 0.468. The van der Waals surface area contributed by atoms with Crippen molar-refractivity contribution in [3.8, 4) is 11.1 Å². The van der Waals surface area contributed by atoms with Crippen LogP contribution in [0.3, 0.4) is 0 Å². The van der Waals surface area contributed by atoms with Crippen molar-refractivity contribution < 1.29 is 24.2 Å². The molecule has 1 unspecified atom stereocenters. The quantitative estimate of drug-likeness (QED) is 0.168. The predicted octanol–water partition coefficient (Wildman–Crippen LogP) is 10.8. The Kier molecular flexibility index (Phi) is 10.6. The minimum absolute atomic E-state index is 0.167. The van der Waals surface area contributed by atoms with E-state index in [4.69, 9.17) is 0 Å². The van der Waals surface area contributed by atoms with Crippen molar-refractivity contribution in [1.82, 2.24) is 0 Å². The van der Waals surface area contributed by atoms with E-state index < -0.39 is 0 Å². The molecule has 43 heavy (non-hydrogen) atoms. The van der Waals surface area contributed by atoms with Crippen molar-refractivity contribution in [2.45, 2.75) is 79.6 Å². The number of fused-ring (bicyclic) bond motifs is 3. The average molecular weight is 642 g/mol. The van der Waals surface area contributed by atoms with E-state index in [1.54, 1.807) is 0 Å². The fourth-order valence-corrected chi connectivity index (χ4v) is 5.93. The zero-order chi connectivity index (χ0) is 31.4. The SMILES string of the molecule is CC(C)(C)c1[c-]c2c(cc1)-c1ccc(C(C)(C)C)cc1C2.CC1=[C-]C(C)C=C1c1ccccc1.Cc1ccc([CH]=[Zr+2])cc1. The maximum absolute atomic E-state index is 3.67. The van der Waals surface area contributed by atoms with Gasteiger partial charge < -0.3 is 0 Å². The molecule has 0 fully saturated rings. The Balaban J connectivity index is 0.000000163. The van der Waals surface area contributed by atoms with Gasteiger partial charge in [0.05, 0.1) is 0 Å². The third kappa shape index (κ3) is 8.61. The number of hydrogen-bond donors (Lipinski definition) is 0. The van der Waals surface area contributed by atoms with Gasteiger partial charge in [0.25, 0.3) is 0 Å². The molecule has 0 aromatic heterocycles. The van der Waals surface area contributed by atoms with Gasteiger partial charge in [-0.25, -0.2) is 5.57 Å². The van der Waals surface area contributed by atoms with Crippen LogP contribution in [-0.2, 0) is 41.5 Å². The molecule has 4 aromatic rings. The van der Waals surface area contributed by atoms with Crippen molar-refractivity contribution in [3.05, 3.63) is 148 Å². The van der Waals surface area contributed by atoms with Crippen LogP contribution >= 0.6 is 0 Å². The summed E-state index contributed by atoms with van der Waals surface area (Å²) in [6, 6.07) is 34.2. The third-order valence-corrected chi connectivity index (χ3v) is 8.88. The zero-order valence-electron chi connectivity index (χ0n) is 27.5. The molecule has 0 radical (unpaired) electrons. The maximum atomic E-state index is 3.67. The number of hydrogen-bond acceptors (Lipinski definition) is 0. The second-order valence-corrected chi connectivity index (χ2v) is 14.6. The number of allylic oxidation sites excluding steroid dienone is 4. The molecule has 0 saturated heterocycles. The monoisotopic (exact) mass is 640 g/mol. The first-order chi connectivity index (χ1) is 20.3. The van der Waals surface area contributed by atoms with Crippen LogP contribution in [0.2, 0.25) is 0 Å². The van der Waals surface area contributed by atoms with Crippen molar-refractivity contribution in [2.24, 2.45) is 5.92 Å². The molecular weight excluding hydrogens is 596 g/mol. The van der Waals surface area contributed by atoms with Crippen LogP contribution in [0.1, 0.15) is 94.3 Å². The van der Waals surface area contributed by atoms with Gasteiger partial charge in [0, 0.05) is 0 Å². The molecule has 0 saturated carbocycles. The van der Waals surface area contributed by atoms with Crippen LogP contribution in [0.25, 0.3) is 16.7 Å². The molecule has 2 aliphatic rings. The van der Waals surface area contributed by atoms with Gasteiger partial charge in [-0.15, -0.1) is 16.7 Å². The topological polar surface area (TPSA) is 0 Å². The molecule has 1 heteroatoms. The van der Waals surface area contributed by atoms with Crippen LogP contribution in [0, 0.1) is 25.0 Å². The minimum atomic E-state index is 0.167. The van der Waals surface area contributed by atoms with Crippen LogP contribution in [0.4, 0.5) is 0 Å². The molecule has 2 aliphatic carbocycles. The van der Waals surface area contributed by atoms with Gasteiger partial charge >= 0.3 is 70.3 Å². The van der Waals surface area contributed by atoms with Gasteiger partial charge in [0.15, 0.2) is 0 Å². The summed E-state index contributed by atoms with van der Waals surface area (Å²) >= 11 is 1.47. The molecular formula is C42H46Zr. The molecule has 0 aliphatic heterocycles. The van der Waals surface area contributed by atoms with E-state index in [2.05, 4.69) is 163 Å². The Bertz CT molecular complexity index is 1560. The number of rotatable bonds is 2. The molecule has 4 aromatic carbocycles. The molecule has 0 nitrogen and oxygen atoms in total. The zero-order valence-corrected chi connectivity index (χ0v) is 30.0. The van der Waals surface area contributed by atoms with Crippen molar-refractivity contribution >= 4 is 9.28 Å². The van der Waals surface area contributed by atoms with Gasteiger partial charge in [-0.1, -0.05) is 115 Å². The first-order valence-corrected chi connectivity index (χ1v) is 16.8. The standard InChI is InChI=1S/C21H25.C13H13.C8H8.Zr/c1-20(2,3)16-7-9-18-14(12-16)11-15-13-17(21(4,5)6)8-10-19(15)18;1-10-8-11(2)13(9-10)12-6-4-3-5-7-12;1-7-3-5-8(2)6-4-7;/h7-10,12H,11H2,1-6H3;3-7,9-10H,1-2H3;1,3-6H,2H3;/q2*-1;;+2. The first kappa shape index (κ1) is 33.0. The van der Waals surface area contributed by atoms with Crippen molar-refractivity contribution in [3.63, 3.8) is 0 Å². The predicted molar refractivity (Wildman–Crippen MR) is 183 cm³/mol.